The van der Waals surface area contributed by atoms with E-state index in [0.29, 0.717) is 12.3 Å². The summed E-state index contributed by atoms with van der Waals surface area (Å²) in [6.07, 6.45) is 1.59. The van der Waals surface area contributed by atoms with E-state index in [1.54, 1.807) is 24.4 Å². The van der Waals surface area contributed by atoms with E-state index in [1.165, 1.54) is 22.1 Å². The summed E-state index contributed by atoms with van der Waals surface area (Å²) >= 11 is 0. The second-order valence-corrected chi connectivity index (χ2v) is 5.61. The highest BCUT2D eigenvalue weighted by Crippen LogP contribution is 2.10. The van der Waals surface area contributed by atoms with Gasteiger partial charge in [-0.3, -0.25) is 19.4 Å². The smallest absolute Gasteiger partial charge is 0.267 e. The normalized spacial score (nSPS) is 11.2. The van der Waals surface area contributed by atoms with Crippen LogP contribution >= 0.6 is 0 Å². The number of carbonyl (C=O) groups excluding carboxylic acids is 1. The first-order chi connectivity index (χ1) is 12.6. The third kappa shape index (κ3) is 3.09. The molecule has 0 aliphatic heterocycles. The number of fused-ring (bicyclic) bond motifs is 2. The molecule has 0 saturated carbocycles. The maximum Gasteiger partial charge on any atom is 0.267 e. The highest BCUT2D eigenvalue weighted by Gasteiger charge is 2.17. The number of pyridine rings is 2. The molecule has 1 amide bonds. The van der Waals surface area contributed by atoms with Gasteiger partial charge in [0.2, 0.25) is 0 Å². The molecule has 3 aromatic rings. The average molecular weight is 357 g/mol. The summed E-state index contributed by atoms with van der Waals surface area (Å²) in [6, 6.07) is 6.52. The zero-order valence-electron chi connectivity index (χ0n) is 14.2. The number of aliphatic hydroxyl groups excluding tert-OH is 1. The van der Waals surface area contributed by atoms with Crippen molar-refractivity contribution in [2.45, 2.75) is 6.54 Å². The van der Waals surface area contributed by atoms with E-state index < -0.39 is 5.91 Å². The number of hydrogen-bond acceptors (Lipinski definition) is 6. The molecule has 0 spiro atoms. The van der Waals surface area contributed by atoms with Crippen LogP contribution in [-0.2, 0) is 11.3 Å². The second kappa shape index (κ2) is 7.46. The van der Waals surface area contributed by atoms with E-state index >= 15 is 0 Å². The Hall–Kier alpha value is -3.04. The monoisotopic (exact) mass is 357 g/mol. The summed E-state index contributed by atoms with van der Waals surface area (Å²) in [4.78, 5) is 29.7. The summed E-state index contributed by atoms with van der Waals surface area (Å²) in [5.74, 6) is -0.488. The maximum atomic E-state index is 12.8. The van der Waals surface area contributed by atoms with E-state index in [-0.39, 0.29) is 47.3 Å². The molecule has 0 radical (unpaired) electrons. The Labute approximate surface area is 148 Å². The molecular formula is C17H19N5O4. The molecule has 26 heavy (non-hydrogen) atoms. The minimum Gasteiger partial charge on any atom is -0.395 e. The lowest BCUT2D eigenvalue weighted by Gasteiger charge is -2.13. The van der Waals surface area contributed by atoms with Crippen molar-refractivity contribution in [1.29, 1.82) is 5.41 Å². The molecule has 0 aliphatic carbocycles. The third-order valence-corrected chi connectivity index (χ3v) is 3.98. The SMILES string of the molecule is COCCNC(=O)c1cc2c(=O)n3ccccc3nc2n(CCO)c1=N. The number of aliphatic hydroxyl groups is 1. The standard InChI is InChI=1S/C17H19N5O4/c1-26-9-5-19-16(24)11-10-12-15(22(7-8-23)14(11)18)20-13-4-2-3-6-21(13)17(12)25/h2-4,6,10,18,23H,5,7-9H2,1H3,(H,19,24). The van der Waals surface area contributed by atoms with Gasteiger partial charge in [0, 0.05) is 26.4 Å². The molecule has 0 aromatic carbocycles. The number of nitrogens with zero attached hydrogens (tertiary/aromatic N) is 3. The maximum absolute atomic E-state index is 12.8. The molecule has 9 nitrogen and oxygen atoms in total. The highest BCUT2D eigenvalue weighted by molar-refractivity contribution is 5.96. The van der Waals surface area contributed by atoms with Crippen molar-refractivity contribution in [2.24, 2.45) is 0 Å². The Morgan fingerprint density at radius 1 is 1.42 bits per heavy atom. The van der Waals surface area contributed by atoms with Crippen molar-refractivity contribution in [3.63, 3.8) is 0 Å². The molecule has 136 valence electrons. The molecule has 0 saturated heterocycles. The average Bonchev–Trinajstić information content (AvgIpc) is 2.64. The Balaban J connectivity index is 2.27. The molecule has 0 atom stereocenters. The molecule has 0 bridgehead atoms. The Bertz CT molecular complexity index is 1090. The van der Waals surface area contributed by atoms with Gasteiger partial charge in [-0.25, -0.2) is 4.98 Å². The number of aromatic nitrogens is 3. The van der Waals surface area contributed by atoms with Crippen LogP contribution in [0.4, 0.5) is 0 Å². The van der Waals surface area contributed by atoms with Crippen LogP contribution in [0.2, 0.25) is 0 Å². The van der Waals surface area contributed by atoms with Gasteiger partial charge in [0.1, 0.15) is 16.8 Å². The summed E-state index contributed by atoms with van der Waals surface area (Å²) in [6.45, 7) is 0.403. The molecule has 3 heterocycles. The highest BCUT2D eigenvalue weighted by atomic mass is 16.5. The summed E-state index contributed by atoms with van der Waals surface area (Å²) in [7, 11) is 1.52. The quantitative estimate of drug-likeness (QED) is 0.405. The van der Waals surface area contributed by atoms with Crippen LogP contribution in [0, 0.1) is 5.41 Å². The first-order valence-corrected chi connectivity index (χ1v) is 8.06. The van der Waals surface area contributed by atoms with Crippen LogP contribution in [-0.4, -0.2) is 51.8 Å². The van der Waals surface area contributed by atoms with Gasteiger partial charge in [0.05, 0.1) is 24.2 Å². The van der Waals surface area contributed by atoms with Crippen LogP contribution in [0.25, 0.3) is 16.7 Å². The van der Waals surface area contributed by atoms with Crippen LogP contribution in [0.5, 0.6) is 0 Å². The van der Waals surface area contributed by atoms with Gasteiger partial charge in [-0.2, -0.15) is 0 Å². The van der Waals surface area contributed by atoms with E-state index in [1.807, 2.05) is 0 Å². The molecular weight excluding hydrogens is 338 g/mol. The minimum absolute atomic E-state index is 0.0387. The molecule has 3 rings (SSSR count). The van der Waals surface area contributed by atoms with Crippen molar-refractivity contribution in [3.05, 3.63) is 51.9 Å². The van der Waals surface area contributed by atoms with Gasteiger partial charge in [-0.1, -0.05) is 6.07 Å². The predicted molar refractivity (Wildman–Crippen MR) is 94.1 cm³/mol. The van der Waals surface area contributed by atoms with Crippen molar-refractivity contribution in [3.8, 4) is 0 Å². The molecule has 3 aromatic heterocycles. The largest absolute Gasteiger partial charge is 0.395 e. The number of nitrogens with one attached hydrogen (secondary N) is 2. The zero-order chi connectivity index (χ0) is 18.7. The molecule has 9 heteroatoms. The topological polar surface area (TPSA) is 122 Å². The first kappa shape index (κ1) is 17.8. The first-order valence-electron chi connectivity index (χ1n) is 8.06. The summed E-state index contributed by atoms with van der Waals surface area (Å²) in [5.41, 5.74) is 0.260. The number of carbonyl (C=O) groups is 1. The van der Waals surface area contributed by atoms with Crippen molar-refractivity contribution in [2.75, 3.05) is 26.9 Å². The van der Waals surface area contributed by atoms with E-state index in [2.05, 4.69) is 10.3 Å². The number of amides is 1. The van der Waals surface area contributed by atoms with Gasteiger partial charge in [0.25, 0.3) is 11.5 Å². The molecule has 0 fully saturated rings. The van der Waals surface area contributed by atoms with Crippen LogP contribution < -0.4 is 16.4 Å². The van der Waals surface area contributed by atoms with Crippen LogP contribution in [0.15, 0.2) is 35.3 Å². The molecule has 0 aliphatic rings. The number of methoxy groups -OCH3 is 1. The van der Waals surface area contributed by atoms with Crippen molar-refractivity contribution < 1.29 is 14.6 Å². The Morgan fingerprint density at radius 2 is 2.23 bits per heavy atom. The molecule has 0 unspecified atom stereocenters. The lowest BCUT2D eigenvalue weighted by molar-refractivity contribution is 0.0934. The zero-order valence-corrected chi connectivity index (χ0v) is 14.2. The van der Waals surface area contributed by atoms with Gasteiger partial charge in [-0.05, 0) is 18.2 Å². The van der Waals surface area contributed by atoms with E-state index in [9.17, 15) is 14.7 Å². The van der Waals surface area contributed by atoms with Gasteiger partial charge in [-0.15, -0.1) is 0 Å². The lowest BCUT2D eigenvalue weighted by atomic mass is 10.2. The van der Waals surface area contributed by atoms with Gasteiger partial charge in [0.15, 0.2) is 0 Å². The third-order valence-electron chi connectivity index (χ3n) is 3.98. The van der Waals surface area contributed by atoms with Gasteiger partial charge >= 0.3 is 0 Å². The number of ether oxygens (including phenoxy) is 1. The molecule has 3 N–H and O–H groups in total. The van der Waals surface area contributed by atoms with E-state index in [0.717, 1.165) is 0 Å². The van der Waals surface area contributed by atoms with Crippen LogP contribution in [0.1, 0.15) is 10.4 Å². The van der Waals surface area contributed by atoms with E-state index in [4.69, 9.17) is 10.1 Å². The Morgan fingerprint density at radius 3 is 2.96 bits per heavy atom. The predicted octanol–water partition coefficient (Wildman–Crippen LogP) is -0.503. The number of hydrogen-bond donors (Lipinski definition) is 3. The number of rotatable bonds is 6. The Kier molecular flexibility index (Phi) is 5.10. The summed E-state index contributed by atoms with van der Waals surface area (Å²) < 4.78 is 7.64. The van der Waals surface area contributed by atoms with Crippen LogP contribution in [0.3, 0.4) is 0 Å². The second-order valence-electron chi connectivity index (χ2n) is 5.61. The lowest BCUT2D eigenvalue weighted by Crippen LogP contribution is -2.36. The fraction of sp³-hybridized carbons (Fsp3) is 0.294. The fourth-order valence-corrected chi connectivity index (χ4v) is 2.74. The summed E-state index contributed by atoms with van der Waals surface area (Å²) in [5, 5.41) is 20.5. The fourth-order valence-electron chi connectivity index (χ4n) is 2.74. The van der Waals surface area contributed by atoms with Crippen molar-refractivity contribution in [1.82, 2.24) is 19.3 Å². The minimum atomic E-state index is -0.488. The van der Waals surface area contributed by atoms with Crippen molar-refractivity contribution >= 4 is 22.6 Å². The van der Waals surface area contributed by atoms with Gasteiger partial charge < -0.3 is 19.7 Å².